The van der Waals surface area contributed by atoms with Crippen LogP contribution in [0.25, 0.3) is 0 Å². The molecule has 0 aliphatic heterocycles. The van der Waals surface area contributed by atoms with Crippen molar-refractivity contribution >= 4 is 15.9 Å². The Morgan fingerprint density at radius 3 is 2.46 bits per heavy atom. The molecule has 1 unspecified atom stereocenters. The van der Waals surface area contributed by atoms with Gasteiger partial charge in [0.2, 0.25) is 10.0 Å². The molecule has 0 saturated carbocycles. The zero-order valence-electron chi connectivity index (χ0n) is 14.8. The summed E-state index contributed by atoms with van der Waals surface area (Å²) < 4.78 is 31.1. The molecule has 1 aromatic carbocycles. The minimum absolute atomic E-state index is 0.0652. The van der Waals surface area contributed by atoms with Crippen molar-refractivity contribution in [2.45, 2.75) is 30.9 Å². The Kier molecular flexibility index (Phi) is 7.34. The number of rotatable bonds is 8. The summed E-state index contributed by atoms with van der Waals surface area (Å²) in [5.74, 6) is -0.366. The van der Waals surface area contributed by atoms with E-state index in [-0.39, 0.29) is 35.6 Å². The zero-order chi connectivity index (χ0) is 18.5. The largest absolute Gasteiger partial charge is 0.389 e. The summed E-state index contributed by atoms with van der Waals surface area (Å²) in [4.78, 5) is 13.8. The maximum Gasteiger partial charge on any atom is 0.253 e. The molecule has 0 radical (unpaired) electrons. The van der Waals surface area contributed by atoms with E-state index in [4.69, 9.17) is 4.74 Å². The average molecular weight is 358 g/mol. The van der Waals surface area contributed by atoms with Gasteiger partial charge >= 0.3 is 0 Å². The van der Waals surface area contributed by atoms with Crippen LogP contribution in [-0.4, -0.2) is 75.1 Å². The molecule has 1 amide bonds. The van der Waals surface area contributed by atoms with Crippen LogP contribution in [0.2, 0.25) is 0 Å². The molecule has 1 atom stereocenters. The van der Waals surface area contributed by atoms with Crippen molar-refractivity contribution in [1.29, 1.82) is 0 Å². The Labute approximate surface area is 143 Å². The van der Waals surface area contributed by atoms with Gasteiger partial charge in [-0.3, -0.25) is 4.79 Å². The molecule has 1 aromatic rings. The molecule has 1 rings (SSSR count). The second kappa shape index (κ2) is 8.57. The fourth-order valence-corrected chi connectivity index (χ4v) is 3.51. The third-order valence-electron chi connectivity index (χ3n) is 3.68. The average Bonchev–Trinajstić information content (AvgIpc) is 2.53. The molecule has 0 spiro atoms. The zero-order valence-corrected chi connectivity index (χ0v) is 15.6. The van der Waals surface area contributed by atoms with Crippen LogP contribution in [0.15, 0.2) is 29.2 Å². The number of benzene rings is 1. The molecule has 0 heterocycles. The van der Waals surface area contributed by atoms with Crippen molar-refractivity contribution in [3.05, 3.63) is 29.8 Å². The van der Waals surface area contributed by atoms with Gasteiger partial charge in [0.05, 0.1) is 17.6 Å². The molecule has 0 aromatic heterocycles. The molecule has 0 aliphatic carbocycles. The van der Waals surface area contributed by atoms with Crippen molar-refractivity contribution in [2.24, 2.45) is 0 Å². The van der Waals surface area contributed by atoms with E-state index in [0.717, 1.165) is 0 Å². The Hall–Kier alpha value is -1.48. The van der Waals surface area contributed by atoms with Crippen LogP contribution in [0, 0.1) is 0 Å². The van der Waals surface area contributed by atoms with Gasteiger partial charge < -0.3 is 14.7 Å². The summed E-state index contributed by atoms with van der Waals surface area (Å²) in [5, 5.41) is 9.71. The molecular weight excluding hydrogens is 332 g/mol. The van der Waals surface area contributed by atoms with Crippen molar-refractivity contribution in [1.82, 2.24) is 9.21 Å². The number of carbonyl (C=O) groups is 1. The minimum Gasteiger partial charge on any atom is -0.389 e. The number of carbonyl (C=O) groups excluding carboxylic acids is 1. The number of hydrogen-bond donors (Lipinski definition) is 1. The van der Waals surface area contributed by atoms with Crippen LogP contribution in [0.3, 0.4) is 0 Å². The predicted octanol–water partition coefficient (Wildman–Crippen LogP) is 0.795. The standard InChI is InChI=1S/C16H26N2O5S/c1-12(2)18(4)24(21,22)15-8-6-7-13(9-15)16(20)17(3)10-14(19)11-23-5/h6-9,12,14,19H,10-11H2,1-5H3. The second-order valence-corrected chi connectivity index (χ2v) is 7.94. The molecule has 136 valence electrons. The minimum atomic E-state index is -3.66. The van der Waals surface area contributed by atoms with Crippen LogP contribution in [0.4, 0.5) is 0 Å². The van der Waals surface area contributed by atoms with Crippen molar-refractivity contribution in [2.75, 3.05) is 34.4 Å². The van der Waals surface area contributed by atoms with Gasteiger partial charge in [0.15, 0.2) is 0 Å². The highest BCUT2D eigenvalue weighted by Crippen LogP contribution is 2.18. The Balaban J connectivity index is 3.02. The van der Waals surface area contributed by atoms with Crippen molar-refractivity contribution < 1.29 is 23.1 Å². The molecule has 7 nitrogen and oxygen atoms in total. The number of methoxy groups -OCH3 is 1. The number of sulfonamides is 1. The number of nitrogens with zero attached hydrogens (tertiary/aromatic N) is 2. The molecule has 1 N–H and O–H groups in total. The molecule has 0 bridgehead atoms. The summed E-state index contributed by atoms with van der Waals surface area (Å²) in [6.07, 6.45) is -0.803. The summed E-state index contributed by atoms with van der Waals surface area (Å²) in [7, 11) is 0.850. The SMILES string of the molecule is COCC(O)CN(C)C(=O)c1cccc(S(=O)(=O)N(C)C(C)C)c1. The highest BCUT2D eigenvalue weighted by atomic mass is 32.2. The van der Waals surface area contributed by atoms with E-state index in [1.54, 1.807) is 27.0 Å². The quantitative estimate of drug-likeness (QED) is 0.743. The first-order valence-electron chi connectivity index (χ1n) is 7.61. The highest BCUT2D eigenvalue weighted by Gasteiger charge is 2.24. The number of hydrogen-bond acceptors (Lipinski definition) is 5. The van der Waals surface area contributed by atoms with E-state index < -0.39 is 16.1 Å². The number of amides is 1. The lowest BCUT2D eigenvalue weighted by Gasteiger charge is -2.22. The summed E-state index contributed by atoms with van der Waals surface area (Å²) in [5.41, 5.74) is 0.250. The first-order valence-corrected chi connectivity index (χ1v) is 9.05. The lowest BCUT2D eigenvalue weighted by atomic mass is 10.2. The van der Waals surface area contributed by atoms with Crippen LogP contribution in [-0.2, 0) is 14.8 Å². The predicted molar refractivity (Wildman–Crippen MR) is 91.4 cm³/mol. The van der Waals surface area contributed by atoms with E-state index in [1.165, 1.54) is 41.6 Å². The molecular formula is C16H26N2O5S. The van der Waals surface area contributed by atoms with E-state index in [9.17, 15) is 18.3 Å². The Morgan fingerprint density at radius 2 is 1.92 bits per heavy atom. The molecule has 0 aliphatic rings. The van der Waals surface area contributed by atoms with Gasteiger partial charge in [0.25, 0.3) is 5.91 Å². The fourth-order valence-electron chi connectivity index (χ4n) is 2.10. The second-order valence-electron chi connectivity index (χ2n) is 5.94. The lowest BCUT2D eigenvalue weighted by molar-refractivity contribution is 0.0380. The summed E-state index contributed by atoms with van der Waals surface area (Å²) in [6, 6.07) is 5.71. The lowest BCUT2D eigenvalue weighted by Crippen LogP contribution is -2.36. The number of aliphatic hydroxyl groups excluding tert-OH is 1. The van der Waals surface area contributed by atoms with Crippen molar-refractivity contribution in [3.63, 3.8) is 0 Å². The Bertz CT molecular complexity index is 660. The monoisotopic (exact) mass is 358 g/mol. The van der Waals surface area contributed by atoms with Gasteiger partial charge in [0.1, 0.15) is 0 Å². The topological polar surface area (TPSA) is 87.1 Å². The highest BCUT2D eigenvalue weighted by molar-refractivity contribution is 7.89. The van der Waals surface area contributed by atoms with Crippen LogP contribution < -0.4 is 0 Å². The van der Waals surface area contributed by atoms with E-state index in [1.807, 2.05) is 0 Å². The third kappa shape index (κ3) is 5.01. The first-order chi connectivity index (χ1) is 11.1. The van der Waals surface area contributed by atoms with Gasteiger partial charge in [0, 0.05) is 39.4 Å². The van der Waals surface area contributed by atoms with E-state index >= 15 is 0 Å². The smallest absolute Gasteiger partial charge is 0.253 e. The molecule has 8 heteroatoms. The number of likely N-dealkylation sites (N-methyl/N-ethyl adjacent to an activating group) is 1. The number of ether oxygens (including phenoxy) is 1. The number of aliphatic hydroxyl groups is 1. The Morgan fingerprint density at radius 1 is 1.29 bits per heavy atom. The van der Waals surface area contributed by atoms with Gasteiger partial charge in [-0.2, -0.15) is 4.31 Å². The van der Waals surface area contributed by atoms with Crippen LogP contribution >= 0.6 is 0 Å². The van der Waals surface area contributed by atoms with Gasteiger partial charge in [-0.1, -0.05) is 6.07 Å². The van der Waals surface area contributed by atoms with Gasteiger partial charge in [-0.15, -0.1) is 0 Å². The fraction of sp³-hybridized carbons (Fsp3) is 0.562. The summed E-state index contributed by atoms with van der Waals surface area (Å²) in [6.45, 7) is 3.76. The molecule has 24 heavy (non-hydrogen) atoms. The van der Waals surface area contributed by atoms with Crippen molar-refractivity contribution in [3.8, 4) is 0 Å². The maximum atomic E-state index is 12.5. The van der Waals surface area contributed by atoms with E-state index in [2.05, 4.69) is 0 Å². The maximum absolute atomic E-state index is 12.5. The third-order valence-corrected chi connectivity index (χ3v) is 5.71. The summed E-state index contributed by atoms with van der Waals surface area (Å²) >= 11 is 0. The van der Waals surface area contributed by atoms with E-state index in [0.29, 0.717) is 0 Å². The normalized spacial score (nSPS) is 13.3. The molecule has 0 fully saturated rings. The first kappa shape index (κ1) is 20.6. The van der Waals surface area contributed by atoms with Gasteiger partial charge in [-0.05, 0) is 32.0 Å². The molecule has 0 saturated heterocycles. The van der Waals surface area contributed by atoms with Crippen LogP contribution in [0.1, 0.15) is 24.2 Å². The van der Waals surface area contributed by atoms with Crippen LogP contribution in [0.5, 0.6) is 0 Å². The van der Waals surface area contributed by atoms with Gasteiger partial charge in [-0.25, -0.2) is 8.42 Å².